The first-order valence-corrected chi connectivity index (χ1v) is 17.8. The fourth-order valence-corrected chi connectivity index (χ4v) is 7.79. The first-order valence-electron chi connectivity index (χ1n) is 14.5. The van der Waals surface area contributed by atoms with Crippen LogP contribution in [0.3, 0.4) is 0 Å². The fraction of sp³-hybridized carbons (Fsp3) is 0.533. The fourth-order valence-electron chi connectivity index (χ4n) is 4.90. The Morgan fingerprint density at radius 2 is 1.87 bits per heavy atom. The molecule has 1 saturated heterocycles. The van der Waals surface area contributed by atoms with E-state index in [0.29, 0.717) is 22.6 Å². The molecule has 3 rings (SSSR count). The van der Waals surface area contributed by atoms with Crippen LogP contribution >= 0.6 is 10.8 Å². The van der Waals surface area contributed by atoms with Gasteiger partial charge in [-0.05, 0) is 60.3 Å². The zero-order valence-electron chi connectivity index (χ0n) is 26.4. The van der Waals surface area contributed by atoms with Gasteiger partial charge >= 0.3 is 6.16 Å². The molecule has 2 amide bonds. The Kier molecular flexibility index (Phi) is 12.6. The molecule has 14 nitrogen and oxygen atoms in total. The second kappa shape index (κ2) is 15.9. The van der Waals surface area contributed by atoms with E-state index >= 15 is 0 Å². The third-order valence-electron chi connectivity index (χ3n) is 7.32. The number of nitriles is 1. The molecule has 2 heterocycles. The minimum absolute atomic E-state index is 0.0221. The predicted molar refractivity (Wildman–Crippen MR) is 166 cm³/mol. The molecule has 1 N–H and O–H groups in total. The molecule has 1 aliphatic heterocycles. The molecule has 1 aliphatic rings. The number of nitrogens with one attached hydrogen (secondary N) is 1. The molecule has 6 atom stereocenters. The van der Waals surface area contributed by atoms with Crippen LogP contribution in [0.5, 0.6) is 5.88 Å². The SMILES string of the molecule is CC(OC(=O)O[C@@H]1C[C@@H](C(=O)N[C@@H](C)c2ccc(C#N)cc2)N(C(=O)[C@@H](c2cc(OCC=O)no2)C(C)C)C1)C(C)SS(C)(=O)=O. The molecule has 0 spiro atoms. The maximum Gasteiger partial charge on any atom is 0.508 e. The van der Waals surface area contributed by atoms with Crippen LogP contribution in [0.2, 0.25) is 0 Å². The maximum absolute atomic E-state index is 14.1. The van der Waals surface area contributed by atoms with Crippen molar-refractivity contribution in [3.8, 4) is 11.9 Å². The highest BCUT2D eigenvalue weighted by molar-refractivity contribution is 8.72. The quantitative estimate of drug-likeness (QED) is 0.174. The number of aldehydes is 1. The molecule has 0 saturated carbocycles. The zero-order valence-corrected chi connectivity index (χ0v) is 28.0. The molecule has 16 heteroatoms. The number of ether oxygens (including phenoxy) is 3. The van der Waals surface area contributed by atoms with Crippen LogP contribution in [-0.2, 0) is 32.7 Å². The van der Waals surface area contributed by atoms with Gasteiger partial charge in [0.05, 0.1) is 29.5 Å². The Morgan fingerprint density at radius 3 is 2.46 bits per heavy atom. The summed E-state index contributed by atoms with van der Waals surface area (Å²) in [5, 5.41) is 15.2. The van der Waals surface area contributed by atoms with Gasteiger partial charge in [0.15, 0.2) is 20.9 Å². The van der Waals surface area contributed by atoms with Gasteiger partial charge in [-0.25, -0.2) is 13.2 Å². The summed E-state index contributed by atoms with van der Waals surface area (Å²) < 4.78 is 44.7. The summed E-state index contributed by atoms with van der Waals surface area (Å²) in [6.45, 7) is 8.08. The molecular formula is C30H38N4O10S2. The van der Waals surface area contributed by atoms with Gasteiger partial charge in [0.2, 0.25) is 11.8 Å². The molecule has 1 aromatic carbocycles. The highest BCUT2D eigenvalue weighted by Crippen LogP contribution is 2.33. The van der Waals surface area contributed by atoms with Crippen molar-refractivity contribution in [1.29, 1.82) is 5.26 Å². The van der Waals surface area contributed by atoms with Crippen molar-refractivity contribution in [1.82, 2.24) is 15.4 Å². The third-order valence-corrected chi connectivity index (χ3v) is 10.3. The second-order valence-electron chi connectivity index (χ2n) is 11.3. The van der Waals surface area contributed by atoms with Crippen molar-refractivity contribution in [3.63, 3.8) is 0 Å². The van der Waals surface area contributed by atoms with Crippen molar-refractivity contribution in [2.24, 2.45) is 5.92 Å². The number of hydrogen-bond donors (Lipinski definition) is 1. The summed E-state index contributed by atoms with van der Waals surface area (Å²) in [7, 11) is -2.74. The lowest BCUT2D eigenvalue weighted by molar-refractivity contribution is -0.141. The van der Waals surface area contributed by atoms with Crippen molar-refractivity contribution < 1.29 is 46.3 Å². The van der Waals surface area contributed by atoms with Crippen LogP contribution in [0, 0.1) is 17.2 Å². The average molecular weight is 679 g/mol. The van der Waals surface area contributed by atoms with Crippen LogP contribution in [-0.4, -0.2) is 85.6 Å². The van der Waals surface area contributed by atoms with Gasteiger partial charge in [0.1, 0.15) is 30.8 Å². The number of aromatic nitrogens is 1. The molecule has 250 valence electrons. The van der Waals surface area contributed by atoms with Crippen molar-refractivity contribution in [2.75, 3.05) is 19.4 Å². The standard InChI is InChI=1S/C30H38N4O10S2/c1-17(2)27(25-14-26(33-44-25)41-12-11-35)29(37)34-16-23(43-30(38)42-19(4)20(5)45-46(6,39)40)13-24(34)28(36)32-18(3)22-9-7-21(15-31)8-10-22/h7-11,14,17-20,23-24,27H,12-13,16H2,1-6H3,(H,32,36)/t18-,19?,20?,23+,24-,27+/m0/s1. The van der Waals surface area contributed by atoms with Crippen LogP contribution in [0.15, 0.2) is 34.9 Å². The largest absolute Gasteiger partial charge is 0.508 e. The number of likely N-dealkylation sites (tertiary alicyclic amines) is 1. The molecule has 2 aromatic rings. The third kappa shape index (κ3) is 9.95. The molecular weight excluding hydrogens is 640 g/mol. The predicted octanol–water partition coefficient (Wildman–Crippen LogP) is 3.33. The normalized spacial score (nSPS) is 19.0. The molecule has 2 unspecified atom stereocenters. The van der Waals surface area contributed by atoms with Gasteiger partial charge in [-0.2, -0.15) is 5.26 Å². The second-order valence-corrected chi connectivity index (χ2v) is 16.0. The van der Waals surface area contributed by atoms with E-state index in [1.807, 2.05) is 6.07 Å². The summed E-state index contributed by atoms with van der Waals surface area (Å²) >= 11 is 0. The molecule has 1 fully saturated rings. The Hall–Kier alpha value is -4.10. The van der Waals surface area contributed by atoms with Gasteiger partial charge in [-0.15, -0.1) is 0 Å². The lowest BCUT2D eigenvalue weighted by Gasteiger charge is -2.29. The molecule has 0 aliphatic carbocycles. The van der Waals surface area contributed by atoms with E-state index in [9.17, 15) is 27.6 Å². The number of amides is 2. The monoisotopic (exact) mass is 678 g/mol. The smallest absolute Gasteiger partial charge is 0.468 e. The molecule has 46 heavy (non-hydrogen) atoms. The Balaban J connectivity index is 1.82. The van der Waals surface area contributed by atoms with Crippen LogP contribution in [0.4, 0.5) is 4.79 Å². The topological polar surface area (TPSA) is 195 Å². The average Bonchev–Trinajstić information content (AvgIpc) is 3.62. The Morgan fingerprint density at radius 1 is 1.20 bits per heavy atom. The number of carbonyl (C=O) groups excluding carboxylic acids is 4. The Bertz CT molecular complexity index is 1540. The van der Waals surface area contributed by atoms with E-state index in [-0.39, 0.29) is 37.1 Å². The minimum atomic E-state index is -3.39. The van der Waals surface area contributed by atoms with E-state index in [1.165, 1.54) is 17.9 Å². The first-order chi connectivity index (χ1) is 21.6. The first kappa shape index (κ1) is 36.4. The van der Waals surface area contributed by atoms with E-state index in [2.05, 4.69) is 10.5 Å². The van der Waals surface area contributed by atoms with Gasteiger partial charge in [-0.3, -0.25) is 14.4 Å². The summed E-state index contributed by atoms with van der Waals surface area (Å²) in [5.74, 6) is -2.00. The van der Waals surface area contributed by atoms with Crippen molar-refractivity contribution in [3.05, 3.63) is 47.2 Å². The molecule has 1 aromatic heterocycles. The van der Waals surface area contributed by atoms with Crippen molar-refractivity contribution >= 4 is 43.9 Å². The number of hydrogen-bond acceptors (Lipinski definition) is 13. The zero-order chi connectivity index (χ0) is 34.2. The highest BCUT2D eigenvalue weighted by Gasteiger charge is 2.45. The van der Waals surface area contributed by atoms with E-state index in [1.54, 1.807) is 52.0 Å². The summed E-state index contributed by atoms with van der Waals surface area (Å²) in [5.41, 5.74) is 1.20. The Labute approximate surface area is 271 Å². The lowest BCUT2D eigenvalue weighted by atomic mass is 9.91. The van der Waals surface area contributed by atoms with E-state index < -0.39 is 62.3 Å². The maximum atomic E-state index is 14.1. The van der Waals surface area contributed by atoms with Crippen LogP contribution in [0.25, 0.3) is 0 Å². The summed E-state index contributed by atoms with van der Waals surface area (Å²) in [6, 6.07) is 8.63. The minimum Gasteiger partial charge on any atom is -0.468 e. The number of carbonyl (C=O) groups is 4. The van der Waals surface area contributed by atoms with Gasteiger partial charge in [0, 0.05) is 18.7 Å². The number of benzene rings is 1. The summed E-state index contributed by atoms with van der Waals surface area (Å²) in [4.78, 5) is 52.5. The number of nitrogens with zero attached hydrogens (tertiary/aromatic N) is 3. The lowest BCUT2D eigenvalue weighted by Crippen LogP contribution is -2.48. The van der Waals surface area contributed by atoms with Gasteiger partial charge in [-0.1, -0.05) is 26.0 Å². The van der Waals surface area contributed by atoms with Crippen LogP contribution < -0.4 is 10.1 Å². The van der Waals surface area contributed by atoms with Gasteiger partial charge in [0.25, 0.3) is 5.88 Å². The van der Waals surface area contributed by atoms with Crippen molar-refractivity contribution in [2.45, 2.75) is 76.5 Å². The van der Waals surface area contributed by atoms with E-state index in [4.69, 9.17) is 24.0 Å². The highest BCUT2D eigenvalue weighted by atomic mass is 33.1. The number of rotatable bonds is 14. The molecule has 0 radical (unpaired) electrons. The van der Waals surface area contributed by atoms with Crippen LogP contribution in [0.1, 0.15) is 69.9 Å². The van der Waals surface area contributed by atoms with Gasteiger partial charge < -0.3 is 29.0 Å². The summed E-state index contributed by atoms with van der Waals surface area (Å²) in [6.07, 6.45) is -1.24. The van der Waals surface area contributed by atoms with E-state index in [0.717, 1.165) is 11.8 Å². The molecule has 0 bridgehead atoms.